The summed E-state index contributed by atoms with van der Waals surface area (Å²) in [6, 6.07) is 16.9. The SMILES string of the molecule is CCOc1ccc(C(=O)NCCCOc2cccc3cccnc23)cc1. The van der Waals surface area contributed by atoms with Crippen LogP contribution in [-0.2, 0) is 0 Å². The highest BCUT2D eigenvalue weighted by Gasteiger charge is 2.06. The predicted octanol–water partition coefficient (Wildman–Crippen LogP) is 3.83. The first kappa shape index (κ1) is 17.7. The zero-order valence-corrected chi connectivity index (χ0v) is 14.8. The van der Waals surface area contributed by atoms with Crippen LogP contribution in [0.15, 0.2) is 60.8 Å². The van der Waals surface area contributed by atoms with Crippen molar-refractivity contribution >= 4 is 16.8 Å². The fraction of sp³-hybridized carbons (Fsp3) is 0.238. The van der Waals surface area contributed by atoms with Gasteiger partial charge in [-0.25, -0.2) is 0 Å². The molecule has 3 rings (SSSR count). The Bertz CT molecular complexity index is 857. The van der Waals surface area contributed by atoms with Crippen molar-refractivity contribution in [1.82, 2.24) is 10.3 Å². The molecule has 1 amide bonds. The molecule has 0 aliphatic carbocycles. The maximum absolute atomic E-state index is 12.1. The van der Waals surface area contributed by atoms with Crippen molar-refractivity contribution in [2.45, 2.75) is 13.3 Å². The van der Waals surface area contributed by atoms with Gasteiger partial charge >= 0.3 is 0 Å². The smallest absolute Gasteiger partial charge is 0.251 e. The van der Waals surface area contributed by atoms with Crippen LogP contribution in [0.4, 0.5) is 0 Å². The number of aromatic nitrogens is 1. The van der Waals surface area contributed by atoms with Crippen LogP contribution < -0.4 is 14.8 Å². The van der Waals surface area contributed by atoms with E-state index in [4.69, 9.17) is 9.47 Å². The molecule has 0 bridgehead atoms. The highest BCUT2D eigenvalue weighted by molar-refractivity contribution is 5.94. The van der Waals surface area contributed by atoms with Gasteiger partial charge in [-0.15, -0.1) is 0 Å². The molecule has 0 fully saturated rings. The Morgan fingerprint density at radius 2 is 1.85 bits per heavy atom. The van der Waals surface area contributed by atoms with Crippen LogP contribution in [0, 0.1) is 0 Å². The zero-order valence-electron chi connectivity index (χ0n) is 14.8. The van der Waals surface area contributed by atoms with Crippen LogP contribution in [0.5, 0.6) is 11.5 Å². The number of hydrogen-bond acceptors (Lipinski definition) is 4. The van der Waals surface area contributed by atoms with E-state index in [1.807, 2.05) is 37.3 Å². The number of para-hydroxylation sites is 1. The van der Waals surface area contributed by atoms with Crippen molar-refractivity contribution in [2.75, 3.05) is 19.8 Å². The molecule has 0 spiro atoms. The molecule has 0 aliphatic rings. The van der Waals surface area contributed by atoms with Crippen LogP contribution in [0.2, 0.25) is 0 Å². The lowest BCUT2D eigenvalue weighted by atomic mass is 10.2. The summed E-state index contributed by atoms with van der Waals surface area (Å²) in [5, 5.41) is 3.95. The van der Waals surface area contributed by atoms with Crippen LogP contribution in [0.1, 0.15) is 23.7 Å². The first-order chi connectivity index (χ1) is 12.8. The summed E-state index contributed by atoms with van der Waals surface area (Å²) in [5.74, 6) is 1.43. The number of ether oxygens (including phenoxy) is 2. The number of carbonyl (C=O) groups is 1. The van der Waals surface area contributed by atoms with Crippen LogP contribution in [0.3, 0.4) is 0 Å². The molecular weight excluding hydrogens is 328 g/mol. The number of hydrogen-bond donors (Lipinski definition) is 1. The zero-order chi connectivity index (χ0) is 18.2. The van der Waals surface area contributed by atoms with Crippen molar-refractivity contribution in [3.05, 3.63) is 66.4 Å². The molecule has 5 heteroatoms. The fourth-order valence-corrected chi connectivity index (χ4v) is 2.62. The molecular formula is C21H22N2O3. The first-order valence-corrected chi connectivity index (χ1v) is 8.75. The van der Waals surface area contributed by atoms with Gasteiger partial charge in [0.15, 0.2) is 0 Å². The maximum atomic E-state index is 12.1. The van der Waals surface area contributed by atoms with Gasteiger partial charge in [-0.3, -0.25) is 9.78 Å². The standard InChI is InChI=1S/C21H22N2O3/c1-2-25-18-11-9-17(10-12-18)21(24)23-14-5-15-26-19-8-3-6-16-7-4-13-22-20(16)19/h3-4,6-13H,2,5,14-15H2,1H3,(H,23,24). The van der Waals surface area contributed by atoms with Gasteiger partial charge in [-0.2, -0.15) is 0 Å². The Labute approximate surface area is 153 Å². The number of nitrogens with zero attached hydrogens (tertiary/aromatic N) is 1. The van der Waals surface area contributed by atoms with E-state index >= 15 is 0 Å². The van der Waals surface area contributed by atoms with Gasteiger partial charge in [0, 0.05) is 23.7 Å². The van der Waals surface area contributed by atoms with Gasteiger partial charge in [0.05, 0.1) is 13.2 Å². The molecule has 26 heavy (non-hydrogen) atoms. The van der Waals surface area contributed by atoms with Gasteiger partial charge in [0.1, 0.15) is 17.0 Å². The summed E-state index contributed by atoms with van der Waals surface area (Å²) in [7, 11) is 0. The number of fused-ring (bicyclic) bond motifs is 1. The number of nitrogens with one attached hydrogen (secondary N) is 1. The average Bonchev–Trinajstić information content (AvgIpc) is 2.68. The minimum Gasteiger partial charge on any atom is -0.494 e. The minimum absolute atomic E-state index is 0.0973. The van der Waals surface area contributed by atoms with E-state index < -0.39 is 0 Å². The molecule has 1 N–H and O–H groups in total. The van der Waals surface area contributed by atoms with E-state index in [9.17, 15) is 4.79 Å². The Morgan fingerprint density at radius 3 is 2.65 bits per heavy atom. The molecule has 134 valence electrons. The molecule has 5 nitrogen and oxygen atoms in total. The van der Waals surface area contributed by atoms with Crippen molar-refractivity contribution in [3.8, 4) is 11.5 Å². The maximum Gasteiger partial charge on any atom is 0.251 e. The Kier molecular flexibility index (Phi) is 6.04. The molecule has 1 aromatic heterocycles. The third-order valence-electron chi connectivity index (χ3n) is 3.89. The highest BCUT2D eigenvalue weighted by atomic mass is 16.5. The third-order valence-corrected chi connectivity index (χ3v) is 3.89. The summed E-state index contributed by atoms with van der Waals surface area (Å²) in [5.41, 5.74) is 1.47. The lowest BCUT2D eigenvalue weighted by Gasteiger charge is -2.09. The number of carbonyl (C=O) groups excluding carboxylic acids is 1. The molecule has 1 heterocycles. The normalized spacial score (nSPS) is 10.5. The second-order valence-corrected chi connectivity index (χ2v) is 5.75. The van der Waals surface area contributed by atoms with Gasteiger partial charge in [0.2, 0.25) is 0 Å². The van der Waals surface area contributed by atoms with Crippen molar-refractivity contribution in [1.29, 1.82) is 0 Å². The quantitative estimate of drug-likeness (QED) is 0.627. The van der Waals surface area contributed by atoms with Crippen molar-refractivity contribution in [2.24, 2.45) is 0 Å². The second-order valence-electron chi connectivity index (χ2n) is 5.75. The Morgan fingerprint density at radius 1 is 1.04 bits per heavy atom. The summed E-state index contributed by atoms with van der Waals surface area (Å²) in [6.07, 6.45) is 2.47. The summed E-state index contributed by atoms with van der Waals surface area (Å²) < 4.78 is 11.2. The lowest BCUT2D eigenvalue weighted by Crippen LogP contribution is -2.25. The molecule has 0 atom stereocenters. The van der Waals surface area contributed by atoms with Crippen molar-refractivity contribution < 1.29 is 14.3 Å². The van der Waals surface area contributed by atoms with Gasteiger partial charge in [-0.1, -0.05) is 18.2 Å². The highest BCUT2D eigenvalue weighted by Crippen LogP contribution is 2.22. The monoisotopic (exact) mass is 350 g/mol. The Hall–Kier alpha value is -3.08. The summed E-state index contributed by atoms with van der Waals surface area (Å²) in [4.78, 5) is 16.5. The summed E-state index contributed by atoms with van der Waals surface area (Å²) >= 11 is 0. The topological polar surface area (TPSA) is 60.5 Å². The van der Waals surface area contributed by atoms with E-state index in [0.29, 0.717) is 31.7 Å². The molecule has 0 aliphatic heterocycles. The number of benzene rings is 2. The van der Waals surface area contributed by atoms with Gasteiger partial charge in [-0.05, 0) is 49.7 Å². The largest absolute Gasteiger partial charge is 0.494 e. The fourth-order valence-electron chi connectivity index (χ4n) is 2.62. The molecule has 0 saturated heterocycles. The third kappa shape index (κ3) is 4.51. The van der Waals surface area contributed by atoms with E-state index in [-0.39, 0.29) is 5.91 Å². The van der Waals surface area contributed by atoms with E-state index in [2.05, 4.69) is 10.3 Å². The van der Waals surface area contributed by atoms with E-state index in [1.54, 1.807) is 30.5 Å². The molecule has 0 unspecified atom stereocenters. The van der Waals surface area contributed by atoms with Crippen LogP contribution in [0.25, 0.3) is 10.9 Å². The predicted molar refractivity (Wildman–Crippen MR) is 102 cm³/mol. The Balaban J connectivity index is 1.44. The number of amides is 1. The van der Waals surface area contributed by atoms with Gasteiger partial charge in [0.25, 0.3) is 5.91 Å². The van der Waals surface area contributed by atoms with Crippen LogP contribution in [-0.4, -0.2) is 30.6 Å². The molecule has 0 radical (unpaired) electrons. The van der Waals surface area contributed by atoms with Gasteiger partial charge < -0.3 is 14.8 Å². The molecule has 2 aromatic carbocycles. The second kappa shape index (κ2) is 8.85. The number of rotatable bonds is 8. The molecule has 0 saturated carbocycles. The minimum atomic E-state index is -0.0973. The molecule has 3 aromatic rings. The van der Waals surface area contributed by atoms with Crippen molar-refractivity contribution in [3.63, 3.8) is 0 Å². The average molecular weight is 350 g/mol. The first-order valence-electron chi connectivity index (χ1n) is 8.75. The van der Waals surface area contributed by atoms with Crippen LogP contribution >= 0.6 is 0 Å². The lowest BCUT2D eigenvalue weighted by molar-refractivity contribution is 0.0951. The summed E-state index contributed by atoms with van der Waals surface area (Å²) in [6.45, 7) is 3.60. The van der Waals surface area contributed by atoms with E-state index in [1.165, 1.54) is 0 Å². The number of pyridine rings is 1. The van der Waals surface area contributed by atoms with E-state index in [0.717, 1.165) is 22.4 Å².